The molecule has 3 N–H and O–H groups in total. The minimum absolute atomic E-state index is 0.179. The second-order valence-electron chi connectivity index (χ2n) is 10.5. The quantitative estimate of drug-likeness (QED) is 0.166. The van der Waals surface area contributed by atoms with Gasteiger partial charge in [0.1, 0.15) is 22.9 Å². The van der Waals surface area contributed by atoms with E-state index in [4.69, 9.17) is 9.97 Å². The normalized spacial score (nSPS) is 11.2. The van der Waals surface area contributed by atoms with E-state index in [1.165, 1.54) is 17.4 Å². The second-order valence-corrected chi connectivity index (χ2v) is 11.4. The number of hydrogen-bond acceptors (Lipinski definition) is 8. The van der Waals surface area contributed by atoms with Crippen molar-refractivity contribution >= 4 is 45.4 Å². The Bertz CT molecular complexity index is 2040. The molecule has 10 nitrogen and oxygen atoms in total. The van der Waals surface area contributed by atoms with Crippen molar-refractivity contribution < 1.29 is 18.4 Å². The maximum atomic E-state index is 14.2. The van der Waals surface area contributed by atoms with Crippen molar-refractivity contribution in [3.63, 3.8) is 0 Å². The van der Waals surface area contributed by atoms with Crippen LogP contribution in [0.25, 0.3) is 27.6 Å². The number of benzene rings is 3. The van der Waals surface area contributed by atoms with Crippen LogP contribution in [0.5, 0.6) is 0 Å². The van der Waals surface area contributed by atoms with Crippen molar-refractivity contribution in [3.05, 3.63) is 113 Å². The highest BCUT2D eigenvalue weighted by molar-refractivity contribution is 7.15. The van der Waals surface area contributed by atoms with E-state index in [-0.39, 0.29) is 5.91 Å². The van der Waals surface area contributed by atoms with Crippen LogP contribution in [0.2, 0.25) is 0 Å². The minimum Gasteiger partial charge on any atom is -0.351 e. The minimum atomic E-state index is -0.951. The molecule has 0 aliphatic heterocycles. The fourth-order valence-electron chi connectivity index (χ4n) is 4.80. The number of nitrogens with zero attached hydrogens (tertiary/aromatic N) is 5. The van der Waals surface area contributed by atoms with Gasteiger partial charge in [0, 0.05) is 53.4 Å². The number of imidazole rings is 1. The maximum Gasteiger partial charge on any atom is 0.261 e. The van der Waals surface area contributed by atoms with Crippen LogP contribution in [0.15, 0.2) is 90.6 Å². The average molecular weight is 639 g/mol. The van der Waals surface area contributed by atoms with E-state index in [0.29, 0.717) is 57.0 Å². The summed E-state index contributed by atoms with van der Waals surface area (Å²) in [4.78, 5) is 42.1. The van der Waals surface area contributed by atoms with E-state index in [9.17, 15) is 18.4 Å². The summed E-state index contributed by atoms with van der Waals surface area (Å²) in [6.07, 6.45) is 3.50. The van der Waals surface area contributed by atoms with Gasteiger partial charge >= 0.3 is 0 Å². The molecule has 2 amide bonds. The van der Waals surface area contributed by atoms with Crippen LogP contribution in [0.1, 0.15) is 20.7 Å². The molecule has 0 unspecified atom stereocenters. The molecule has 3 aromatic carbocycles. The highest BCUT2D eigenvalue weighted by Crippen LogP contribution is 2.35. The number of carbonyl (C=O) groups excluding carboxylic acids is 2. The number of amides is 2. The molecule has 6 aromatic rings. The van der Waals surface area contributed by atoms with Gasteiger partial charge in [-0.2, -0.15) is 0 Å². The van der Waals surface area contributed by atoms with Crippen LogP contribution in [0.3, 0.4) is 0 Å². The molecule has 0 fully saturated rings. The van der Waals surface area contributed by atoms with Crippen molar-refractivity contribution in [3.8, 4) is 22.6 Å². The summed E-state index contributed by atoms with van der Waals surface area (Å²) in [7, 11) is 3.88. The first-order valence-corrected chi connectivity index (χ1v) is 15.1. The number of fused-ring (bicyclic) bond motifs is 1. The van der Waals surface area contributed by atoms with Crippen molar-refractivity contribution in [1.82, 2.24) is 29.6 Å². The van der Waals surface area contributed by atoms with E-state index in [2.05, 4.69) is 20.9 Å². The monoisotopic (exact) mass is 638 g/mol. The molecule has 0 bridgehead atoms. The van der Waals surface area contributed by atoms with Gasteiger partial charge in [0.15, 0.2) is 4.96 Å². The first-order valence-electron chi connectivity index (χ1n) is 14.2. The third-order valence-corrected chi connectivity index (χ3v) is 7.73. The highest BCUT2D eigenvalue weighted by Gasteiger charge is 2.21. The molecule has 0 aliphatic rings. The Kier molecular flexibility index (Phi) is 8.76. The summed E-state index contributed by atoms with van der Waals surface area (Å²) < 4.78 is 30.3. The Balaban J connectivity index is 1.28. The van der Waals surface area contributed by atoms with E-state index < -0.39 is 23.1 Å². The number of thiazole rings is 1. The molecular weight excluding hydrogens is 610 g/mol. The standard InChI is InChI=1S/C33H28F2N8O2S/c1-42(2)15-14-36-30(44)21-7-4-9-23(19-21)39-32-37-13-12-26(40-32)29-28(41-33-43(29)16-17-46-33)20-6-3-8-22(18-20)38-31(45)27-24(34)10-5-11-25(27)35/h3-13,16-19H,14-15H2,1-2H3,(H,36,44)(H,38,45)(H,37,39,40). The van der Waals surface area contributed by atoms with Crippen LogP contribution in [-0.4, -0.2) is 63.3 Å². The van der Waals surface area contributed by atoms with Gasteiger partial charge in [-0.1, -0.05) is 24.3 Å². The van der Waals surface area contributed by atoms with Crippen LogP contribution in [0.4, 0.5) is 26.1 Å². The van der Waals surface area contributed by atoms with Gasteiger partial charge < -0.3 is 20.9 Å². The molecule has 3 aromatic heterocycles. The number of rotatable bonds is 10. The number of aromatic nitrogens is 4. The lowest BCUT2D eigenvalue weighted by molar-refractivity contribution is 0.0950. The molecule has 13 heteroatoms. The lowest BCUT2D eigenvalue weighted by Gasteiger charge is -2.12. The van der Waals surface area contributed by atoms with Gasteiger partial charge in [0.2, 0.25) is 5.95 Å². The summed E-state index contributed by atoms with van der Waals surface area (Å²) in [5.74, 6) is -2.67. The molecule has 232 valence electrons. The molecule has 3 heterocycles. The Hall–Kier alpha value is -5.53. The average Bonchev–Trinajstić information content (AvgIpc) is 3.63. The summed E-state index contributed by atoms with van der Waals surface area (Å²) in [6.45, 7) is 1.25. The zero-order valence-electron chi connectivity index (χ0n) is 24.8. The SMILES string of the molecule is CN(C)CCNC(=O)c1cccc(Nc2nccc(-c3c(-c4cccc(NC(=O)c5c(F)cccc5F)c4)nc4sccn34)n2)c1. The van der Waals surface area contributed by atoms with Crippen molar-refractivity contribution in [2.75, 3.05) is 37.8 Å². The molecular formula is C33H28F2N8O2S. The first-order chi connectivity index (χ1) is 22.3. The fraction of sp³-hybridized carbons (Fsp3) is 0.121. The molecule has 0 spiro atoms. The number of anilines is 3. The van der Waals surface area contributed by atoms with Crippen molar-refractivity contribution in [2.45, 2.75) is 0 Å². The molecule has 46 heavy (non-hydrogen) atoms. The highest BCUT2D eigenvalue weighted by atomic mass is 32.1. The number of carbonyl (C=O) groups is 2. The van der Waals surface area contributed by atoms with E-state index in [1.807, 2.05) is 47.1 Å². The Labute approximate surface area is 266 Å². The summed E-state index contributed by atoms with van der Waals surface area (Å²) in [5, 5.41) is 10.6. The smallest absolute Gasteiger partial charge is 0.261 e. The predicted octanol–water partition coefficient (Wildman–Crippen LogP) is 6.09. The lowest BCUT2D eigenvalue weighted by Crippen LogP contribution is -2.31. The van der Waals surface area contributed by atoms with E-state index in [0.717, 1.165) is 18.7 Å². The molecule has 6 rings (SSSR count). The topological polar surface area (TPSA) is 117 Å². The number of hydrogen-bond donors (Lipinski definition) is 3. The van der Waals surface area contributed by atoms with Gasteiger partial charge in [-0.05, 0) is 62.6 Å². The summed E-state index contributed by atoms with van der Waals surface area (Å²) >= 11 is 1.44. The molecule has 0 saturated carbocycles. The third kappa shape index (κ3) is 6.60. The van der Waals surface area contributed by atoms with Crippen LogP contribution in [-0.2, 0) is 0 Å². The number of likely N-dealkylation sites (N-methyl/N-ethyl adjacent to an activating group) is 1. The van der Waals surface area contributed by atoms with Crippen molar-refractivity contribution in [1.29, 1.82) is 0 Å². The molecule has 0 atom stereocenters. The number of halogens is 2. The van der Waals surface area contributed by atoms with Crippen LogP contribution < -0.4 is 16.0 Å². The predicted molar refractivity (Wildman–Crippen MR) is 174 cm³/mol. The van der Waals surface area contributed by atoms with Gasteiger partial charge in [-0.25, -0.2) is 23.7 Å². The zero-order chi connectivity index (χ0) is 32.2. The number of nitrogens with one attached hydrogen (secondary N) is 3. The fourth-order valence-corrected chi connectivity index (χ4v) is 5.51. The first kappa shape index (κ1) is 30.5. The Morgan fingerprint density at radius 1 is 0.913 bits per heavy atom. The molecule has 0 saturated heterocycles. The van der Waals surface area contributed by atoms with Gasteiger partial charge in [-0.3, -0.25) is 14.0 Å². The summed E-state index contributed by atoms with van der Waals surface area (Å²) in [5.41, 5.74) is 3.30. The molecule has 0 aliphatic carbocycles. The Morgan fingerprint density at radius 2 is 1.67 bits per heavy atom. The van der Waals surface area contributed by atoms with Gasteiger partial charge in [0.05, 0.1) is 11.4 Å². The van der Waals surface area contributed by atoms with Crippen LogP contribution in [0, 0.1) is 11.6 Å². The van der Waals surface area contributed by atoms with Gasteiger partial charge in [-0.15, -0.1) is 11.3 Å². The maximum absolute atomic E-state index is 14.2. The molecule has 0 radical (unpaired) electrons. The van der Waals surface area contributed by atoms with Crippen molar-refractivity contribution in [2.24, 2.45) is 0 Å². The van der Waals surface area contributed by atoms with E-state index in [1.54, 1.807) is 48.7 Å². The lowest BCUT2D eigenvalue weighted by atomic mass is 10.1. The van der Waals surface area contributed by atoms with Gasteiger partial charge in [0.25, 0.3) is 11.8 Å². The zero-order valence-corrected chi connectivity index (χ0v) is 25.6. The Morgan fingerprint density at radius 3 is 2.48 bits per heavy atom. The second kappa shape index (κ2) is 13.2. The largest absolute Gasteiger partial charge is 0.351 e. The van der Waals surface area contributed by atoms with Crippen LogP contribution >= 0.6 is 11.3 Å². The van der Waals surface area contributed by atoms with E-state index >= 15 is 0 Å². The summed E-state index contributed by atoms with van der Waals surface area (Å²) in [6, 6.07) is 18.9. The third-order valence-electron chi connectivity index (χ3n) is 6.97.